The number of aliphatic imine (C=N–C) groups is 1. The van der Waals surface area contributed by atoms with Crippen LogP contribution >= 0.6 is 0 Å². The van der Waals surface area contributed by atoms with Crippen LogP contribution in [0.4, 0.5) is 23.5 Å². The molecule has 2 aliphatic rings. The molecule has 0 spiro atoms. The third-order valence-electron chi connectivity index (χ3n) is 6.33. The molecule has 0 atom stereocenters. The van der Waals surface area contributed by atoms with Crippen molar-refractivity contribution in [3.8, 4) is 0 Å². The van der Waals surface area contributed by atoms with Gasteiger partial charge in [-0.2, -0.15) is 15.0 Å². The number of rotatable bonds is 6. The van der Waals surface area contributed by atoms with Crippen molar-refractivity contribution in [1.82, 2.24) is 30.3 Å². The maximum absolute atomic E-state index is 4.90. The van der Waals surface area contributed by atoms with E-state index in [-0.39, 0.29) is 5.41 Å². The van der Waals surface area contributed by atoms with Crippen molar-refractivity contribution in [3.63, 3.8) is 0 Å². The zero-order valence-corrected chi connectivity index (χ0v) is 22.8. The van der Waals surface area contributed by atoms with Crippen LogP contribution in [0.3, 0.4) is 0 Å². The van der Waals surface area contributed by atoms with Gasteiger partial charge in [0, 0.05) is 51.5 Å². The van der Waals surface area contributed by atoms with Gasteiger partial charge in [-0.1, -0.05) is 39.5 Å². The van der Waals surface area contributed by atoms with E-state index in [0.717, 1.165) is 61.8 Å². The SMILES string of the molecule is C=C1N=C(c2ccc(C)c(Nc3nc(N(C)CC(C)(C)C)nc(N4CCCN(C)CC4)n3)c2)NN1C. The van der Waals surface area contributed by atoms with E-state index < -0.39 is 0 Å². The van der Waals surface area contributed by atoms with Crippen molar-refractivity contribution in [3.05, 3.63) is 41.7 Å². The zero-order valence-electron chi connectivity index (χ0n) is 22.8. The molecule has 1 aromatic carbocycles. The summed E-state index contributed by atoms with van der Waals surface area (Å²) in [5, 5.41) is 5.28. The number of nitrogens with one attached hydrogen (secondary N) is 2. The number of aromatic nitrogens is 3. The monoisotopic (exact) mass is 492 g/mol. The molecule has 2 aliphatic heterocycles. The lowest BCUT2D eigenvalue weighted by Gasteiger charge is -2.28. The van der Waals surface area contributed by atoms with Gasteiger partial charge in [-0.3, -0.25) is 10.4 Å². The summed E-state index contributed by atoms with van der Waals surface area (Å²) in [7, 11) is 6.11. The summed E-state index contributed by atoms with van der Waals surface area (Å²) in [6.45, 7) is 17.4. The summed E-state index contributed by atoms with van der Waals surface area (Å²) in [6.07, 6.45) is 1.08. The largest absolute Gasteiger partial charge is 0.343 e. The van der Waals surface area contributed by atoms with Gasteiger partial charge in [-0.15, -0.1) is 0 Å². The Kier molecular flexibility index (Phi) is 7.35. The molecule has 0 unspecified atom stereocenters. The van der Waals surface area contributed by atoms with Crippen LogP contribution in [0.2, 0.25) is 0 Å². The Morgan fingerprint density at radius 2 is 1.86 bits per heavy atom. The van der Waals surface area contributed by atoms with Crippen molar-refractivity contribution in [2.75, 3.05) is 69.0 Å². The van der Waals surface area contributed by atoms with Gasteiger partial charge in [0.2, 0.25) is 17.8 Å². The smallest absolute Gasteiger partial charge is 0.233 e. The van der Waals surface area contributed by atoms with Crippen LogP contribution in [0.5, 0.6) is 0 Å². The minimum atomic E-state index is 0.109. The first-order valence-corrected chi connectivity index (χ1v) is 12.6. The minimum Gasteiger partial charge on any atom is -0.343 e. The van der Waals surface area contributed by atoms with E-state index >= 15 is 0 Å². The van der Waals surface area contributed by atoms with Gasteiger partial charge in [0.25, 0.3) is 0 Å². The van der Waals surface area contributed by atoms with Gasteiger partial charge >= 0.3 is 0 Å². The molecule has 0 saturated carbocycles. The van der Waals surface area contributed by atoms with Crippen LogP contribution in [-0.2, 0) is 0 Å². The fraction of sp³-hybridized carbons (Fsp3) is 0.538. The van der Waals surface area contributed by atoms with Crippen LogP contribution < -0.4 is 20.5 Å². The second-order valence-corrected chi connectivity index (χ2v) is 11.0. The number of benzene rings is 1. The third-order valence-corrected chi connectivity index (χ3v) is 6.33. The quantitative estimate of drug-likeness (QED) is 0.631. The Labute approximate surface area is 215 Å². The topological polar surface area (TPSA) is 88.0 Å². The summed E-state index contributed by atoms with van der Waals surface area (Å²) in [4.78, 5) is 25.9. The molecule has 1 aromatic heterocycles. The van der Waals surface area contributed by atoms with Gasteiger partial charge in [0.1, 0.15) is 5.82 Å². The van der Waals surface area contributed by atoms with E-state index in [1.54, 1.807) is 5.01 Å². The molecule has 0 bridgehead atoms. The van der Waals surface area contributed by atoms with Crippen molar-refractivity contribution < 1.29 is 0 Å². The van der Waals surface area contributed by atoms with E-state index in [9.17, 15) is 0 Å². The van der Waals surface area contributed by atoms with Crippen LogP contribution in [0, 0.1) is 12.3 Å². The Morgan fingerprint density at radius 1 is 1.08 bits per heavy atom. The predicted octanol–water partition coefficient (Wildman–Crippen LogP) is 3.22. The molecule has 10 heteroatoms. The summed E-state index contributed by atoms with van der Waals surface area (Å²) < 4.78 is 0. The molecule has 0 radical (unpaired) electrons. The third kappa shape index (κ3) is 6.23. The molecule has 2 aromatic rings. The first kappa shape index (κ1) is 25.7. The highest BCUT2D eigenvalue weighted by atomic mass is 15.6. The van der Waals surface area contributed by atoms with Crippen molar-refractivity contribution in [2.24, 2.45) is 10.4 Å². The highest BCUT2D eigenvalue weighted by Crippen LogP contribution is 2.26. The molecule has 4 rings (SSSR count). The van der Waals surface area contributed by atoms with Crippen molar-refractivity contribution >= 4 is 29.4 Å². The number of hydrogen-bond acceptors (Lipinski definition) is 10. The lowest BCUT2D eigenvalue weighted by molar-refractivity contribution is 0.360. The van der Waals surface area contributed by atoms with Gasteiger partial charge in [0.05, 0.1) is 0 Å². The van der Waals surface area contributed by atoms with Gasteiger partial charge < -0.3 is 20.0 Å². The van der Waals surface area contributed by atoms with Crippen LogP contribution in [0.1, 0.15) is 38.3 Å². The number of nitrogens with zero attached hydrogens (tertiary/aromatic N) is 8. The first-order valence-electron chi connectivity index (χ1n) is 12.6. The molecule has 194 valence electrons. The van der Waals surface area contributed by atoms with Crippen LogP contribution in [-0.4, -0.2) is 84.6 Å². The molecule has 10 nitrogen and oxygen atoms in total. The van der Waals surface area contributed by atoms with Gasteiger partial charge in [-0.05, 0) is 44.0 Å². The Balaban J connectivity index is 1.67. The van der Waals surface area contributed by atoms with Crippen LogP contribution in [0.15, 0.2) is 35.6 Å². The molecule has 0 amide bonds. The molecule has 2 N–H and O–H groups in total. The average Bonchev–Trinajstić information content (AvgIpc) is 2.99. The van der Waals surface area contributed by atoms with Crippen LogP contribution in [0.25, 0.3) is 0 Å². The second kappa shape index (κ2) is 10.3. The molecule has 0 aliphatic carbocycles. The zero-order chi connectivity index (χ0) is 26.0. The fourth-order valence-corrected chi connectivity index (χ4v) is 4.36. The Morgan fingerprint density at radius 3 is 2.56 bits per heavy atom. The minimum absolute atomic E-state index is 0.109. The maximum atomic E-state index is 4.90. The standard InChI is InChI=1S/C26H40N10/c1-18-10-11-20(22-27-19(2)35(8)32-22)16-21(18)28-23-29-24(34(7)17-26(3,4)5)31-25(30-23)36-13-9-12-33(6)14-15-36/h10-11,16H,2,9,12-15,17H2,1,3-8H3,(H,27,32)(H,28,29,30,31). The molecular weight excluding hydrogens is 452 g/mol. The van der Waals surface area contributed by atoms with Crippen molar-refractivity contribution in [1.29, 1.82) is 0 Å². The number of likely N-dealkylation sites (N-methyl/N-ethyl adjacent to an activating group) is 1. The van der Waals surface area contributed by atoms with E-state index in [1.165, 1.54) is 0 Å². The number of hydrazine groups is 1. The first-order chi connectivity index (χ1) is 17.0. The Bertz CT molecular complexity index is 1140. The lowest BCUT2D eigenvalue weighted by Crippen LogP contribution is -2.33. The van der Waals surface area contributed by atoms with E-state index in [4.69, 9.17) is 15.0 Å². The van der Waals surface area contributed by atoms with Gasteiger partial charge in [0.15, 0.2) is 5.84 Å². The van der Waals surface area contributed by atoms with Gasteiger partial charge in [-0.25, -0.2) is 4.99 Å². The number of anilines is 4. The molecule has 3 heterocycles. The number of aryl methyl sites for hydroxylation is 1. The molecule has 1 fully saturated rings. The predicted molar refractivity (Wildman–Crippen MR) is 148 cm³/mol. The number of amidine groups is 1. The van der Waals surface area contributed by atoms with E-state index in [2.05, 4.69) is 83.9 Å². The normalized spacial score (nSPS) is 17.1. The summed E-state index contributed by atoms with van der Waals surface area (Å²) in [6, 6.07) is 6.19. The fourth-order valence-electron chi connectivity index (χ4n) is 4.36. The summed E-state index contributed by atoms with van der Waals surface area (Å²) >= 11 is 0. The molecular formula is C26H40N10. The summed E-state index contributed by atoms with van der Waals surface area (Å²) in [5.41, 5.74) is 6.32. The summed E-state index contributed by atoms with van der Waals surface area (Å²) in [5.74, 6) is 3.37. The van der Waals surface area contributed by atoms with E-state index in [0.29, 0.717) is 23.7 Å². The molecule has 36 heavy (non-hydrogen) atoms. The average molecular weight is 493 g/mol. The maximum Gasteiger partial charge on any atom is 0.233 e. The van der Waals surface area contributed by atoms with E-state index in [1.807, 2.05) is 20.2 Å². The molecule has 1 saturated heterocycles. The highest BCUT2D eigenvalue weighted by Gasteiger charge is 2.22. The van der Waals surface area contributed by atoms with Crippen molar-refractivity contribution in [2.45, 2.75) is 34.1 Å². The Hall–Kier alpha value is -3.40. The highest BCUT2D eigenvalue weighted by molar-refractivity contribution is 6.01. The number of hydrogen-bond donors (Lipinski definition) is 2. The second-order valence-electron chi connectivity index (χ2n) is 11.0. The lowest BCUT2D eigenvalue weighted by atomic mass is 9.96.